The molecule has 1 heterocycles. The molecule has 0 saturated carbocycles. The van der Waals surface area contributed by atoms with Crippen molar-refractivity contribution in [1.29, 1.82) is 5.26 Å². The van der Waals surface area contributed by atoms with Gasteiger partial charge < -0.3 is 5.73 Å². The summed E-state index contributed by atoms with van der Waals surface area (Å²) < 4.78 is 1.61. The molecule has 0 unspecified atom stereocenters. The zero-order chi connectivity index (χ0) is 15.5. The van der Waals surface area contributed by atoms with Crippen LogP contribution in [0.15, 0.2) is 29.3 Å². The van der Waals surface area contributed by atoms with E-state index in [0.29, 0.717) is 23.1 Å². The largest absolute Gasteiger partial charge is 0.399 e. The molecule has 2 rings (SSSR count). The molecule has 0 aliphatic rings. The summed E-state index contributed by atoms with van der Waals surface area (Å²) in [6, 6.07) is 7.45. The number of nitrogen functional groups attached to an aromatic ring is 1. The van der Waals surface area contributed by atoms with Crippen molar-refractivity contribution >= 4 is 16.6 Å². The standard InChI is InChI=1S/C16H20N4O/c1-16(2,10-17)7-3-4-8-20-11-19-14-6-5-12(18)9-13(14)15(20)21/h5-6,9,11H,3-4,7-8,18H2,1-2H3. The Balaban J connectivity index is 2.08. The van der Waals surface area contributed by atoms with Crippen molar-refractivity contribution in [3.05, 3.63) is 34.9 Å². The maximum Gasteiger partial charge on any atom is 0.261 e. The molecule has 1 aromatic carbocycles. The monoisotopic (exact) mass is 284 g/mol. The first kappa shape index (κ1) is 15.0. The van der Waals surface area contributed by atoms with Gasteiger partial charge in [-0.1, -0.05) is 6.42 Å². The van der Waals surface area contributed by atoms with Crippen LogP contribution in [0, 0.1) is 16.7 Å². The van der Waals surface area contributed by atoms with E-state index >= 15 is 0 Å². The summed E-state index contributed by atoms with van der Waals surface area (Å²) in [6.07, 6.45) is 4.16. The number of fused-ring (bicyclic) bond motifs is 1. The normalized spacial score (nSPS) is 11.5. The fourth-order valence-electron chi connectivity index (χ4n) is 2.24. The van der Waals surface area contributed by atoms with Crippen LogP contribution in [0.1, 0.15) is 33.1 Å². The van der Waals surface area contributed by atoms with Crippen molar-refractivity contribution in [2.75, 3.05) is 5.73 Å². The average molecular weight is 284 g/mol. The molecule has 5 nitrogen and oxygen atoms in total. The Kier molecular flexibility index (Phi) is 4.27. The van der Waals surface area contributed by atoms with Crippen molar-refractivity contribution in [2.45, 2.75) is 39.7 Å². The first-order valence-electron chi connectivity index (χ1n) is 7.09. The number of nitrogens with zero attached hydrogens (tertiary/aromatic N) is 3. The second-order valence-electron chi connectivity index (χ2n) is 5.97. The van der Waals surface area contributed by atoms with Crippen LogP contribution < -0.4 is 11.3 Å². The lowest BCUT2D eigenvalue weighted by Gasteiger charge is -2.14. The molecule has 0 saturated heterocycles. The minimum Gasteiger partial charge on any atom is -0.399 e. The van der Waals surface area contributed by atoms with Gasteiger partial charge >= 0.3 is 0 Å². The Labute approximate surface area is 124 Å². The molecule has 0 atom stereocenters. The van der Waals surface area contributed by atoms with Gasteiger partial charge in [-0.3, -0.25) is 9.36 Å². The van der Waals surface area contributed by atoms with E-state index in [4.69, 9.17) is 11.0 Å². The smallest absolute Gasteiger partial charge is 0.261 e. The summed E-state index contributed by atoms with van der Waals surface area (Å²) in [7, 11) is 0. The zero-order valence-corrected chi connectivity index (χ0v) is 12.5. The second-order valence-corrected chi connectivity index (χ2v) is 5.97. The number of benzene rings is 1. The highest BCUT2D eigenvalue weighted by Gasteiger charge is 2.15. The maximum absolute atomic E-state index is 12.3. The minimum atomic E-state index is -0.305. The highest BCUT2D eigenvalue weighted by molar-refractivity contribution is 5.80. The van der Waals surface area contributed by atoms with Crippen LogP contribution in [0.3, 0.4) is 0 Å². The molecule has 1 aromatic heterocycles. The number of aryl methyl sites for hydroxylation is 1. The summed E-state index contributed by atoms with van der Waals surface area (Å²) in [5.74, 6) is 0. The summed E-state index contributed by atoms with van der Waals surface area (Å²) in [5.41, 5.74) is 6.58. The molecule has 0 spiro atoms. The third-order valence-corrected chi connectivity index (χ3v) is 3.60. The molecule has 2 aromatic rings. The molecule has 0 bridgehead atoms. The highest BCUT2D eigenvalue weighted by Crippen LogP contribution is 2.21. The van der Waals surface area contributed by atoms with Gasteiger partial charge in [0.15, 0.2) is 0 Å². The first-order chi connectivity index (χ1) is 9.93. The van der Waals surface area contributed by atoms with Gasteiger partial charge in [0.25, 0.3) is 5.56 Å². The Morgan fingerprint density at radius 1 is 1.38 bits per heavy atom. The minimum absolute atomic E-state index is 0.0631. The fraction of sp³-hybridized carbons (Fsp3) is 0.438. The Hall–Kier alpha value is -2.35. The molecular formula is C16H20N4O. The van der Waals surface area contributed by atoms with E-state index in [1.807, 2.05) is 13.8 Å². The third kappa shape index (κ3) is 3.60. The van der Waals surface area contributed by atoms with Crippen LogP contribution in [0.4, 0.5) is 5.69 Å². The molecular weight excluding hydrogens is 264 g/mol. The van der Waals surface area contributed by atoms with Gasteiger partial charge in [0.1, 0.15) is 0 Å². The van der Waals surface area contributed by atoms with Crippen molar-refractivity contribution in [2.24, 2.45) is 5.41 Å². The van der Waals surface area contributed by atoms with Crippen LogP contribution in [-0.4, -0.2) is 9.55 Å². The molecule has 110 valence electrons. The number of hydrogen-bond donors (Lipinski definition) is 1. The SMILES string of the molecule is CC(C)(C#N)CCCCn1cnc2ccc(N)cc2c1=O. The molecule has 0 aliphatic heterocycles. The van der Waals surface area contributed by atoms with Crippen LogP contribution in [0.25, 0.3) is 10.9 Å². The van der Waals surface area contributed by atoms with E-state index in [9.17, 15) is 4.79 Å². The topological polar surface area (TPSA) is 84.7 Å². The Morgan fingerprint density at radius 2 is 2.14 bits per heavy atom. The lowest BCUT2D eigenvalue weighted by molar-refractivity contribution is 0.415. The lowest BCUT2D eigenvalue weighted by atomic mass is 9.89. The maximum atomic E-state index is 12.3. The molecule has 0 fully saturated rings. The summed E-state index contributed by atoms with van der Waals surface area (Å²) >= 11 is 0. The quantitative estimate of drug-likeness (QED) is 0.675. The predicted octanol–water partition coefficient (Wildman–Crippen LogP) is 2.70. The van der Waals surface area contributed by atoms with Crippen LogP contribution in [0.2, 0.25) is 0 Å². The summed E-state index contributed by atoms with van der Waals surface area (Å²) in [6.45, 7) is 4.47. The molecule has 0 aliphatic carbocycles. The van der Waals surface area contributed by atoms with Crippen molar-refractivity contribution in [3.8, 4) is 6.07 Å². The number of unbranched alkanes of at least 4 members (excludes halogenated alkanes) is 1. The van der Waals surface area contributed by atoms with E-state index in [0.717, 1.165) is 19.3 Å². The van der Waals surface area contributed by atoms with Gasteiger partial charge in [0.2, 0.25) is 0 Å². The van der Waals surface area contributed by atoms with Crippen LogP contribution in [-0.2, 0) is 6.54 Å². The van der Waals surface area contributed by atoms with E-state index in [1.54, 1.807) is 29.1 Å². The van der Waals surface area contributed by atoms with E-state index < -0.39 is 0 Å². The van der Waals surface area contributed by atoms with Gasteiger partial charge in [0.05, 0.1) is 28.7 Å². The number of anilines is 1. The number of rotatable bonds is 5. The van der Waals surface area contributed by atoms with E-state index in [1.165, 1.54) is 0 Å². The van der Waals surface area contributed by atoms with E-state index in [-0.39, 0.29) is 11.0 Å². The van der Waals surface area contributed by atoms with Gasteiger partial charge in [0, 0.05) is 12.2 Å². The molecule has 2 N–H and O–H groups in total. The molecule has 5 heteroatoms. The average Bonchev–Trinajstić information content (AvgIpc) is 2.46. The third-order valence-electron chi connectivity index (χ3n) is 3.60. The van der Waals surface area contributed by atoms with Crippen LogP contribution >= 0.6 is 0 Å². The van der Waals surface area contributed by atoms with Gasteiger partial charge in [-0.05, 0) is 44.9 Å². The number of aromatic nitrogens is 2. The second kappa shape index (κ2) is 5.96. The van der Waals surface area contributed by atoms with E-state index in [2.05, 4.69) is 11.1 Å². The van der Waals surface area contributed by atoms with Crippen molar-refractivity contribution in [1.82, 2.24) is 9.55 Å². The van der Waals surface area contributed by atoms with Gasteiger partial charge in [-0.15, -0.1) is 0 Å². The number of nitrogens with two attached hydrogens (primary N) is 1. The molecule has 21 heavy (non-hydrogen) atoms. The predicted molar refractivity (Wildman–Crippen MR) is 83.7 cm³/mol. The summed E-state index contributed by atoms with van der Waals surface area (Å²) in [5, 5.41) is 9.52. The van der Waals surface area contributed by atoms with Gasteiger partial charge in [-0.2, -0.15) is 5.26 Å². The van der Waals surface area contributed by atoms with Gasteiger partial charge in [-0.25, -0.2) is 4.98 Å². The lowest BCUT2D eigenvalue weighted by Crippen LogP contribution is -2.21. The number of nitriles is 1. The summed E-state index contributed by atoms with van der Waals surface area (Å²) in [4.78, 5) is 16.6. The molecule has 0 radical (unpaired) electrons. The fourth-order valence-corrected chi connectivity index (χ4v) is 2.24. The Morgan fingerprint density at radius 3 is 2.86 bits per heavy atom. The highest BCUT2D eigenvalue weighted by atomic mass is 16.1. The number of hydrogen-bond acceptors (Lipinski definition) is 4. The van der Waals surface area contributed by atoms with Crippen molar-refractivity contribution in [3.63, 3.8) is 0 Å². The molecule has 0 amide bonds. The Bertz CT molecular complexity index is 740. The van der Waals surface area contributed by atoms with Crippen molar-refractivity contribution < 1.29 is 0 Å². The first-order valence-corrected chi connectivity index (χ1v) is 7.09. The van der Waals surface area contributed by atoms with Crippen LogP contribution in [0.5, 0.6) is 0 Å². The zero-order valence-electron chi connectivity index (χ0n) is 12.5.